The largest absolute Gasteiger partial charge is 0.266 e. The third-order valence-electron chi connectivity index (χ3n) is 3.14. The van der Waals surface area contributed by atoms with Crippen LogP contribution in [-0.4, -0.2) is 14.7 Å². The van der Waals surface area contributed by atoms with E-state index >= 15 is 0 Å². The highest BCUT2D eigenvalue weighted by atomic mass is 32.2. The maximum absolute atomic E-state index is 12.0. The number of benzene rings is 2. The molecule has 0 aliphatic rings. The van der Waals surface area contributed by atoms with Crippen LogP contribution in [0.15, 0.2) is 48.5 Å². The molecule has 0 atom stereocenters. The summed E-state index contributed by atoms with van der Waals surface area (Å²) in [6, 6.07) is 15.4. The number of sulfonamides is 1. The second kappa shape index (κ2) is 5.67. The average molecular weight is 289 g/mol. The zero-order valence-corrected chi connectivity index (χ0v) is 12.8. The van der Waals surface area contributed by atoms with E-state index in [9.17, 15) is 8.42 Å². The van der Waals surface area contributed by atoms with Gasteiger partial charge in [-0.05, 0) is 37.1 Å². The van der Waals surface area contributed by atoms with E-state index < -0.39 is 10.0 Å². The molecule has 0 heterocycles. The Kier molecular flexibility index (Phi) is 4.14. The zero-order chi connectivity index (χ0) is 14.8. The fraction of sp³-hybridized carbons (Fsp3) is 0.250. The van der Waals surface area contributed by atoms with Crippen LogP contribution in [0, 0.1) is 13.8 Å². The van der Waals surface area contributed by atoms with Crippen LogP contribution in [0.4, 0.5) is 5.69 Å². The van der Waals surface area contributed by atoms with Crippen molar-refractivity contribution in [1.29, 1.82) is 0 Å². The maximum atomic E-state index is 12.0. The highest BCUT2D eigenvalue weighted by Crippen LogP contribution is 2.21. The van der Waals surface area contributed by atoms with Crippen molar-refractivity contribution in [3.8, 4) is 0 Å². The van der Waals surface area contributed by atoms with Gasteiger partial charge in [0, 0.05) is 0 Å². The van der Waals surface area contributed by atoms with Crippen LogP contribution in [-0.2, 0) is 16.6 Å². The lowest BCUT2D eigenvalue weighted by molar-refractivity contribution is 0.596. The third kappa shape index (κ3) is 3.61. The summed E-state index contributed by atoms with van der Waals surface area (Å²) in [4.78, 5) is 0. The number of aryl methyl sites for hydroxylation is 2. The van der Waals surface area contributed by atoms with Gasteiger partial charge < -0.3 is 0 Å². The molecule has 0 bridgehead atoms. The molecule has 0 N–H and O–H groups in total. The molecule has 0 aromatic heterocycles. The Balaban J connectivity index is 2.37. The van der Waals surface area contributed by atoms with Gasteiger partial charge in [-0.15, -0.1) is 0 Å². The minimum absolute atomic E-state index is 0.350. The predicted molar refractivity (Wildman–Crippen MR) is 83.4 cm³/mol. The lowest BCUT2D eigenvalue weighted by Gasteiger charge is -2.23. The van der Waals surface area contributed by atoms with Gasteiger partial charge in [0.15, 0.2) is 0 Å². The first-order chi connectivity index (χ1) is 9.36. The van der Waals surface area contributed by atoms with Crippen LogP contribution in [0.1, 0.15) is 16.7 Å². The molecule has 0 aliphatic carbocycles. The van der Waals surface area contributed by atoms with Crippen molar-refractivity contribution in [2.75, 3.05) is 10.6 Å². The summed E-state index contributed by atoms with van der Waals surface area (Å²) in [7, 11) is -3.31. The van der Waals surface area contributed by atoms with Crippen molar-refractivity contribution in [1.82, 2.24) is 0 Å². The number of nitrogens with zero attached hydrogens (tertiary/aromatic N) is 1. The van der Waals surface area contributed by atoms with Crippen molar-refractivity contribution in [3.63, 3.8) is 0 Å². The van der Waals surface area contributed by atoms with E-state index in [1.165, 1.54) is 10.6 Å². The number of anilines is 1. The molecule has 2 rings (SSSR count). The Morgan fingerprint density at radius 3 is 2.15 bits per heavy atom. The molecule has 20 heavy (non-hydrogen) atoms. The van der Waals surface area contributed by atoms with E-state index in [2.05, 4.69) is 0 Å². The average Bonchev–Trinajstić information content (AvgIpc) is 2.36. The molecular weight excluding hydrogens is 270 g/mol. The van der Waals surface area contributed by atoms with E-state index in [-0.39, 0.29) is 0 Å². The molecule has 4 heteroatoms. The third-order valence-corrected chi connectivity index (χ3v) is 4.28. The van der Waals surface area contributed by atoms with Gasteiger partial charge in [0.1, 0.15) is 0 Å². The molecule has 0 spiro atoms. The summed E-state index contributed by atoms with van der Waals surface area (Å²) in [6.07, 6.45) is 1.24. The monoisotopic (exact) mass is 289 g/mol. The summed E-state index contributed by atoms with van der Waals surface area (Å²) < 4.78 is 25.5. The first-order valence-corrected chi connectivity index (χ1v) is 8.31. The summed E-state index contributed by atoms with van der Waals surface area (Å²) in [5.74, 6) is 0. The van der Waals surface area contributed by atoms with Crippen LogP contribution in [0.5, 0.6) is 0 Å². The van der Waals surface area contributed by atoms with E-state index in [0.717, 1.165) is 16.7 Å². The van der Waals surface area contributed by atoms with Crippen molar-refractivity contribution in [2.45, 2.75) is 20.4 Å². The minimum atomic E-state index is -3.31. The van der Waals surface area contributed by atoms with Gasteiger partial charge in [-0.3, -0.25) is 4.31 Å². The van der Waals surface area contributed by atoms with E-state index in [0.29, 0.717) is 12.2 Å². The number of rotatable bonds is 4. The molecule has 0 radical (unpaired) electrons. The van der Waals surface area contributed by atoms with Crippen LogP contribution in [0.2, 0.25) is 0 Å². The van der Waals surface area contributed by atoms with Gasteiger partial charge in [0.05, 0.1) is 18.5 Å². The topological polar surface area (TPSA) is 37.4 Å². The van der Waals surface area contributed by atoms with Crippen molar-refractivity contribution in [3.05, 3.63) is 65.2 Å². The Bertz CT molecular complexity index is 691. The van der Waals surface area contributed by atoms with Crippen molar-refractivity contribution >= 4 is 15.7 Å². The van der Waals surface area contributed by atoms with Crippen LogP contribution in [0.25, 0.3) is 0 Å². The molecule has 0 saturated heterocycles. The smallest absolute Gasteiger partial charge is 0.232 e. The highest BCUT2D eigenvalue weighted by Gasteiger charge is 2.17. The molecule has 2 aromatic carbocycles. The van der Waals surface area contributed by atoms with Gasteiger partial charge in [0.25, 0.3) is 0 Å². The standard InChI is InChI=1S/C16H19NO2S/c1-13-7-9-15(10-8-13)12-17(20(3,18)19)16-6-4-5-14(2)11-16/h4-11H,12H2,1-3H3. The van der Waals surface area contributed by atoms with Gasteiger partial charge in [-0.25, -0.2) is 8.42 Å². The van der Waals surface area contributed by atoms with Gasteiger partial charge in [-0.1, -0.05) is 42.0 Å². The van der Waals surface area contributed by atoms with Crippen LogP contribution in [0.3, 0.4) is 0 Å². The fourth-order valence-corrected chi connectivity index (χ4v) is 2.92. The highest BCUT2D eigenvalue weighted by molar-refractivity contribution is 7.92. The molecule has 2 aromatic rings. The Morgan fingerprint density at radius 1 is 0.950 bits per heavy atom. The summed E-state index contributed by atoms with van der Waals surface area (Å²) in [5, 5.41) is 0. The molecular formula is C16H19NO2S. The van der Waals surface area contributed by atoms with Crippen LogP contribution >= 0.6 is 0 Å². The molecule has 106 valence electrons. The maximum Gasteiger partial charge on any atom is 0.232 e. The molecule has 0 unspecified atom stereocenters. The second-order valence-electron chi connectivity index (χ2n) is 5.09. The van der Waals surface area contributed by atoms with Gasteiger partial charge in [0.2, 0.25) is 10.0 Å². The molecule has 0 aliphatic heterocycles. The molecule has 3 nitrogen and oxygen atoms in total. The number of hydrogen-bond donors (Lipinski definition) is 0. The summed E-state index contributed by atoms with van der Waals surface area (Å²) in [6.45, 7) is 4.32. The quantitative estimate of drug-likeness (QED) is 0.866. The Morgan fingerprint density at radius 2 is 1.60 bits per heavy atom. The lowest BCUT2D eigenvalue weighted by Crippen LogP contribution is -2.29. The summed E-state index contributed by atoms with van der Waals surface area (Å²) in [5.41, 5.74) is 3.88. The van der Waals surface area contributed by atoms with E-state index in [1.54, 1.807) is 0 Å². The first kappa shape index (κ1) is 14.6. The second-order valence-corrected chi connectivity index (χ2v) is 7.00. The molecule has 0 amide bonds. The molecule has 0 saturated carbocycles. The summed E-state index contributed by atoms with van der Waals surface area (Å²) >= 11 is 0. The Hall–Kier alpha value is -1.81. The Labute approximate surface area is 120 Å². The zero-order valence-electron chi connectivity index (χ0n) is 12.0. The molecule has 0 fully saturated rings. The lowest BCUT2D eigenvalue weighted by atomic mass is 10.1. The fourth-order valence-electron chi connectivity index (χ4n) is 2.04. The SMILES string of the molecule is Cc1ccc(CN(c2cccc(C)c2)S(C)(=O)=O)cc1. The predicted octanol–water partition coefficient (Wildman–Crippen LogP) is 3.27. The van der Waals surface area contributed by atoms with Gasteiger partial charge >= 0.3 is 0 Å². The van der Waals surface area contributed by atoms with Crippen molar-refractivity contribution in [2.24, 2.45) is 0 Å². The van der Waals surface area contributed by atoms with Crippen molar-refractivity contribution < 1.29 is 8.42 Å². The number of hydrogen-bond acceptors (Lipinski definition) is 2. The van der Waals surface area contributed by atoms with E-state index in [1.807, 2.05) is 62.4 Å². The normalized spacial score (nSPS) is 11.3. The van der Waals surface area contributed by atoms with Crippen LogP contribution < -0.4 is 4.31 Å². The van der Waals surface area contributed by atoms with E-state index in [4.69, 9.17) is 0 Å². The first-order valence-electron chi connectivity index (χ1n) is 6.46. The minimum Gasteiger partial charge on any atom is -0.266 e. The van der Waals surface area contributed by atoms with Gasteiger partial charge in [-0.2, -0.15) is 0 Å².